The molecule has 0 atom stereocenters. The van der Waals surface area contributed by atoms with Crippen LogP contribution in [0.5, 0.6) is 0 Å². The maximum absolute atomic E-state index is 12.4. The number of halogens is 1. The van der Waals surface area contributed by atoms with Crippen LogP contribution >= 0.6 is 11.8 Å². The molecule has 3 rings (SSSR count). The third-order valence-electron chi connectivity index (χ3n) is 3.69. The van der Waals surface area contributed by atoms with Crippen LogP contribution in [0.4, 0.5) is 5.82 Å². The molecular formula is C20H21BrN4OS. The number of benzene rings is 2. The van der Waals surface area contributed by atoms with Gasteiger partial charge in [-0.2, -0.15) is 0 Å². The molecule has 27 heavy (non-hydrogen) atoms. The number of thioether (sulfide) groups is 1. The third-order valence-corrected chi connectivity index (χ3v) is 4.63. The Kier molecular flexibility index (Phi) is 8.29. The second-order valence-electron chi connectivity index (χ2n) is 5.81. The number of aromatic amines is 1. The number of carbonyl (C=O) groups is 1. The summed E-state index contributed by atoms with van der Waals surface area (Å²) in [5, 5.41) is 11.2. The first-order valence-corrected chi connectivity index (χ1v) is 9.34. The van der Waals surface area contributed by atoms with E-state index in [-0.39, 0.29) is 22.8 Å². The molecule has 5 nitrogen and oxygen atoms in total. The zero-order chi connectivity index (χ0) is 18.2. The number of amidine groups is 1. The fraction of sp³-hybridized carbons (Fsp3) is 0.150. The first-order chi connectivity index (χ1) is 12.7. The second kappa shape index (κ2) is 10.7. The number of anilines is 1. The van der Waals surface area contributed by atoms with E-state index in [1.807, 2.05) is 61.5 Å². The van der Waals surface area contributed by atoms with Crippen molar-refractivity contribution in [2.45, 2.75) is 13.5 Å². The molecular weight excluding hydrogens is 424 g/mol. The Balaban J connectivity index is 0.00000261. The second-order valence-corrected chi connectivity index (χ2v) is 6.79. The topological polar surface area (TPSA) is 71.8 Å². The Morgan fingerprint density at radius 3 is 2.41 bits per heavy atom. The molecule has 0 saturated heterocycles. The molecule has 0 radical (unpaired) electrons. The van der Waals surface area contributed by atoms with Crippen LogP contribution in [0.3, 0.4) is 0 Å². The van der Waals surface area contributed by atoms with E-state index in [2.05, 4.69) is 32.6 Å². The van der Waals surface area contributed by atoms with E-state index in [4.69, 9.17) is 0 Å². The fourth-order valence-corrected chi connectivity index (χ4v) is 3.15. The Hall–Kier alpha value is -2.38. The van der Waals surface area contributed by atoms with Gasteiger partial charge in [-0.05, 0) is 24.2 Å². The lowest BCUT2D eigenvalue weighted by Crippen LogP contribution is -3.00. The van der Waals surface area contributed by atoms with Crippen molar-refractivity contribution in [3.05, 3.63) is 83.6 Å². The van der Waals surface area contributed by atoms with E-state index in [0.717, 1.165) is 22.2 Å². The summed E-state index contributed by atoms with van der Waals surface area (Å²) in [5.74, 6) is 1.16. The first kappa shape index (κ1) is 20.9. The molecule has 0 spiro atoms. The van der Waals surface area contributed by atoms with Crippen LogP contribution < -0.4 is 27.3 Å². The quantitative estimate of drug-likeness (QED) is 0.269. The number of hydrogen-bond acceptors (Lipinski definition) is 3. The van der Waals surface area contributed by atoms with Gasteiger partial charge in [-0.3, -0.25) is 14.9 Å². The molecule has 3 N–H and O–H groups in total. The van der Waals surface area contributed by atoms with Gasteiger partial charge in [-0.25, -0.2) is 5.32 Å². The third kappa shape index (κ3) is 6.69. The molecule has 0 bridgehead atoms. The highest BCUT2D eigenvalue weighted by Gasteiger charge is 2.15. The van der Waals surface area contributed by atoms with Crippen molar-refractivity contribution < 1.29 is 26.8 Å². The minimum absolute atomic E-state index is 0. The zero-order valence-corrected chi connectivity index (χ0v) is 17.3. The van der Waals surface area contributed by atoms with Crippen LogP contribution in [0, 0.1) is 6.92 Å². The molecule has 2 aromatic carbocycles. The predicted octanol–water partition coefficient (Wildman–Crippen LogP) is -0.613. The van der Waals surface area contributed by atoms with E-state index < -0.39 is 0 Å². The van der Waals surface area contributed by atoms with Crippen molar-refractivity contribution in [1.82, 2.24) is 10.2 Å². The van der Waals surface area contributed by atoms with Gasteiger partial charge in [0.25, 0.3) is 0 Å². The number of rotatable bonds is 6. The lowest BCUT2D eigenvalue weighted by molar-refractivity contribution is -0.472. The summed E-state index contributed by atoms with van der Waals surface area (Å²) in [4.78, 5) is 15.7. The van der Waals surface area contributed by atoms with E-state index in [0.29, 0.717) is 12.3 Å². The normalized spacial score (nSPS) is 10.9. The minimum atomic E-state index is 0. The van der Waals surface area contributed by atoms with Crippen LogP contribution in [-0.4, -0.2) is 26.9 Å². The van der Waals surface area contributed by atoms with Crippen molar-refractivity contribution in [3.8, 4) is 0 Å². The summed E-state index contributed by atoms with van der Waals surface area (Å²) in [6.07, 6.45) is 0. The molecule has 0 saturated carbocycles. The van der Waals surface area contributed by atoms with E-state index >= 15 is 0 Å². The van der Waals surface area contributed by atoms with Crippen LogP contribution in [-0.2, 0) is 6.54 Å². The van der Waals surface area contributed by atoms with E-state index in [9.17, 15) is 4.79 Å². The summed E-state index contributed by atoms with van der Waals surface area (Å²) in [6, 6.07) is 21.4. The van der Waals surface area contributed by atoms with Gasteiger partial charge in [0.05, 0.1) is 5.75 Å². The van der Waals surface area contributed by atoms with Crippen LogP contribution in [0.2, 0.25) is 0 Å². The number of aromatic nitrogens is 2. The van der Waals surface area contributed by atoms with Gasteiger partial charge in [-0.15, -0.1) is 5.10 Å². The summed E-state index contributed by atoms with van der Waals surface area (Å²) >= 11 is 1.44. The average Bonchev–Trinajstić information content (AvgIpc) is 3.10. The highest BCUT2D eigenvalue weighted by atomic mass is 79.9. The van der Waals surface area contributed by atoms with Crippen molar-refractivity contribution in [2.75, 3.05) is 11.1 Å². The van der Waals surface area contributed by atoms with Crippen molar-refractivity contribution in [1.29, 1.82) is 0 Å². The van der Waals surface area contributed by atoms with Crippen LogP contribution in [0.25, 0.3) is 0 Å². The van der Waals surface area contributed by atoms with Gasteiger partial charge in [0.15, 0.2) is 5.78 Å². The number of hydrogen-bond donors (Lipinski definition) is 3. The molecule has 0 aliphatic heterocycles. The number of carbonyl (C=O) groups excluding carboxylic acids is 1. The molecule has 0 aliphatic rings. The highest BCUT2D eigenvalue weighted by Crippen LogP contribution is 2.10. The Bertz CT molecular complexity index is 881. The van der Waals surface area contributed by atoms with E-state index in [1.54, 1.807) is 0 Å². The molecule has 1 aromatic heterocycles. The van der Waals surface area contributed by atoms with Crippen molar-refractivity contribution >= 4 is 28.5 Å². The molecule has 0 unspecified atom stereocenters. The number of H-pyrrole nitrogens is 1. The lowest BCUT2D eigenvalue weighted by Gasteiger charge is -2.02. The van der Waals surface area contributed by atoms with Gasteiger partial charge in [0.2, 0.25) is 5.82 Å². The maximum Gasteiger partial charge on any atom is 0.311 e. The fourth-order valence-electron chi connectivity index (χ4n) is 2.35. The van der Waals surface area contributed by atoms with Crippen LogP contribution in [0.1, 0.15) is 21.6 Å². The number of nitrogens with one attached hydrogen (secondary N) is 3. The molecule has 1 heterocycles. The largest absolute Gasteiger partial charge is 1.00 e. The summed E-state index contributed by atoms with van der Waals surface area (Å²) in [5.41, 5.74) is 2.86. The van der Waals surface area contributed by atoms with E-state index in [1.165, 1.54) is 17.3 Å². The number of ketones is 1. The SMILES string of the molecule is Cc1cc(NC(=[NH+]Cc2ccccc2)SCC(=O)c2ccccc2)n[nH]1.[Br-]. The Morgan fingerprint density at radius 1 is 1.11 bits per heavy atom. The van der Waals surface area contributed by atoms with Gasteiger partial charge < -0.3 is 17.0 Å². The minimum Gasteiger partial charge on any atom is -1.00 e. The van der Waals surface area contributed by atoms with Gasteiger partial charge >= 0.3 is 5.17 Å². The first-order valence-electron chi connectivity index (χ1n) is 8.35. The molecule has 140 valence electrons. The lowest BCUT2D eigenvalue weighted by atomic mass is 10.2. The summed E-state index contributed by atoms with van der Waals surface area (Å²) < 4.78 is 0. The number of Topliss-reactive ketones (excluding diaryl/α,β-unsaturated/α-hetero) is 1. The Morgan fingerprint density at radius 2 is 1.78 bits per heavy atom. The molecule has 0 fully saturated rings. The highest BCUT2D eigenvalue weighted by molar-refractivity contribution is 8.14. The summed E-state index contributed by atoms with van der Waals surface area (Å²) in [6.45, 7) is 2.61. The predicted molar refractivity (Wildman–Crippen MR) is 106 cm³/mol. The standard InChI is InChI=1S/C20H20N4OS.BrH/c1-15-12-19(24-23-15)22-20(21-13-16-8-4-2-5-9-16)26-14-18(25)17-10-6-3-7-11-17;/h2-12H,13-14H2,1H3,(H2,21,22,23,24);1H. The number of aryl methyl sites for hydroxylation is 1. The summed E-state index contributed by atoms with van der Waals surface area (Å²) in [7, 11) is 0. The Labute approximate surface area is 173 Å². The zero-order valence-electron chi connectivity index (χ0n) is 14.9. The van der Waals surface area contributed by atoms with Gasteiger partial charge in [-0.1, -0.05) is 60.7 Å². The van der Waals surface area contributed by atoms with Crippen LogP contribution in [0.15, 0.2) is 66.7 Å². The molecule has 0 aliphatic carbocycles. The monoisotopic (exact) mass is 444 g/mol. The maximum atomic E-state index is 12.4. The molecule has 0 amide bonds. The molecule has 3 aromatic rings. The average molecular weight is 445 g/mol. The molecule has 7 heteroatoms. The number of nitrogens with zero attached hydrogens (tertiary/aromatic N) is 1. The van der Waals surface area contributed by atoms with Gasteiger partial charge in [0.1, 0.15) is 6.54 Å². The van der Waals surface area contributed by atoms with Crippen molar-refractivity contribution in [3.63, 3.8) is 0 Å². The van der Waals surface area contributed by atoms with Crippen molar-refractivity contribution in [2.24, 2.45) is 0 Å². The smallest absolute Gasteiger partial charge is 0.311 e. The van der Waals surface area contributed by atoms with Gasteiger partial charge in [0, 0.05) is 17.3 Å².